The molecule has 0 aliphatic rings. The molecule has 2 aromatic rings. The zero-order valence-electron chi connectivity index (χ0n) is 8.67. The fraction of sp³-hybridized carbons (Fsp3) is 0.182. The van der Waals surface area contributed by atoms with E-state index < -0.39 is 17.7 Å². The molecule has 0 unspecified atom stereocenters. The van der Waals surface area contributed by atoms with Crippen molar-refractivity contribution >= 4 is 16.9 Å². The van der Waals surface area contributed by atoms with Crippen molar-refractivity contribution in [2.75, 3.05) is 7.11 Å². The fourth-order valence-electron chi connectivity index (χ4n) is 1.51. The van der Waals surface area contributed by atoms with E-state index in [1.165, 1.54) is 12.1 Å². The highest BCUT2D eigenvalue weighted by Crippen LogP contribution is 2.35. The standard InChI is InChI=1S/C11H7F3O3/c1-16-10(15)9-5-6-7(11(12,13)14)3-2-4-8(6)17-9/h2-5H,1H3. The molecule has 3 nitrogen and oxygen atoms in total. The van der Waals surface area contributed by atoms with Crippen LogP contribution in [0.5, 0.6) is 0 Å². The normalized spacial score (nSPS) is 11.8. The average Bonchev–Trinajstić information content (AvgIpc) is 2.69. The molecule has 0 aliphatic heterocycles. The summed E-state index contributed by atoms with van der Waals surface area (Å²) in [5.41, 5.74) is -0.839. The van der Waals surface area contributed by atoms with Crippen molar-refractivity contribution in [3.05, 3.63) is 35.6 Å². The number of methoxy groups -OCH3 is 1. The van der Waals surface area contributed by atoms with Crippen LogP contribution < -0.4 is 0 Å². The van der Waals surface area contributed by atoms with Crippen molar-refractivity contribution in [2.45, 2.75) is 6.18 Å². The molecule has 2 rings (SSSR count). The number of ether oxygens (including phenoxy) is 1. The monoisotopic (exact) mass is 244 g/mol. The van der Waals surface area contributed by atoms with Gasteiger partial charge in [0.2, 0.25) is 5.76 Å². The number of benzene rings is 1. The van der Waals surface area contributed by atoms with Gasteiger partial charge in [-0.25, -0.2) is 4.79 Å². The van der Waals surface area contributed by atoms with Crippen LogP contribution >= 0.6 is 0 Å². The van der Waals surface area contributed by atoms with Gasteiger partial charge < -0.3 is 9.15 Å². The highest BCUT2D eigenvalue weighted by molar-refractivity contribution is 5.93. The van der Waals surface area contributed by atoms with Crippen LogP contribution in [-0.4, -0.2) is 13.1 Å². The Morgan fingerprint density at radius 2 is 2.06 bits per heavy atom. The van der Waals surface area contributed by atoms with Crippen molar-refractivity contribution in [3.8, 4) is 0 Å². The first-order valence-corrected chi connectivity index (χ1v) is 4.61. The summed E-state index contributed by atoms with van der Waals surface area (Å²) >= 11 is 0. The number of alkyl halides is 3. The predicted molar refractivity (Wildman–Crippen MR) is 52.6 cm³/mol. The van der Waals surface area contributed by atoms with Crippen molar-refractivity contribution in [3.63, 3.8) is 0 Å². The molecule has 1 heterocycles. The Balaban J connectivity index is 2.65. The molecule has 0 radical (unpaired) electrons. The van der Waals surface area contributed by atoms with E-state index in [-0.39, 0.29) is 16.7 Å². The van der Waals surface area contributed by atoms with E-state index in [1.807, 2.05) is 0 Å². The molecular formula is C11H7F3O3. The van der Waals surface area contributed by atoms with Crippen LogP contribution in [-0.2, 0) is 10.9 Å². The molecule has 1 aromatic carbocycles. The molecule has 0 bridgehead atoms. The first-order chi connectivity index (χ1) is 7.93. The lowest BCUT2D eigenvalue weighted by molar-refractivity contribution is -0.136. The molecule has 0 saturated heterocycles. The van der Waals surface area contributed by atoms with Crippen LogP contribution in [0, 0.1) is 0 Å². The number of hydrogen-bond acceptors (Lipinski definition) is 3. The third-order valence-corrected chi connectivity index (χ3v) is 2.25. The summed E-state index contributed by atoms with van der Waals surface area (Å²) in [7, 11) is 1.13. The highest BCUT2D eigenvalue weighted by Gasteiger charge is 2.33. The number of fused-ring (bicyclic) bond motifs is 1. The summed E-state index contributed by atoms with van der Waals surface area (Å²) in [6, 6.07) is 4.54. The van der Waals surface area contributed by atoms with Crippen LogP contribution in [0.4, 0.5) is 13.2 Å². The van der Waals surface area contributed by atoms with Gasteiger partial charge in [-0.05, 0) is 18.2 Å². The largest absolute Gasteiger partial charge is 0.463 e. The van der Waals surface area contributed by atoms with E-state index in [1.54, 1.807) is 0 Å². The molecule has 0 amide bonds. The number of furan rings is 1. The zero-order valence-corrected chi connectivity index (χ0v) is 8.67. The maximum absolute atomic E-state index is 12.7. The summed E-state index contributed by atoms with van der Waals surface area (Å²) in [6.07, 6.45) is -4.49. The molecule has 0 N–H and O–H groups in total. The average molecular weight is 244 g/mol. The molecule has 17 heavy (non-hydrogen) atoms. The SMILES string of the molecule is COC(=O)c1cc2c(C(F)(F)F)cccc2o1. The number of rotatable bonds is 1. The smallest absolute Gasteiger partial charge is 0.417 e. The molecule has 90 valence electrons. The lowest BCUT2D eigenvalue weighted by Crippen LogP contribution is -2.04. The van der Waals surface area contributed by atoms with E-state index >= 15 is 0 Å². The second kappa shape index (κ2) is 3.80. The van der Waals surface area contributed by atoms with Gasteiger partial charge in [-0.3, -0.25) is 0 Å². The van der Waals surface area contributed by atoms with Gasteiger partial charge >= 0.3 is 12.1 Å². The summed E-state index contributed by atoms with van der Waals surface area (Å²) in [5, 5.41) is -0.152. The number of carbonyl (C=O) groups excluding carboxylic acids is 1. The van der Waals surface area contributed by atoms with Gasteiger partial charge in [0.05, 0.1) is 12.7 Å². The van der Waals surface area contributed by atoms with Crippen LogP contribution in [0.1, 0.15) is 16.1 Å². The molecule has 6 heteroatoms. The van der Waals surface area contributed by atoms with Crippen molar-refractivity contribution in [1.82, 2.24) is 0 Å². The van der Waals surface area contributed by atoms with Gasteiger partial charge in [-0.2, -0.15) is 13.2 Å². The first-order valence-electron chi connectivity index (χ1n) is 4.61. The summed E-state index contributed by atoms with van der Waals surface area (Å²) in [4.78, 5) is 11.1. The van der Waals surface area contributed by atoms with Gasteiger partial charge in [-0.15, -0.1) is 0 Å². The molecule has 0 atom stereocenters. The maximum Gasteiger partial charge on any atom is 0.417 e. The topological polar surface area (TPSA) is 39.4 Å². The Morgan fingerprint density at radius 1 is 1.35 bits per heavy atom. The van der Waals surface area contributed by atoms with E-state index in [9.17, 15) is 18.0 Å². The van der Waals surface area contributed by atoms with E-state index in [4.69, 9.17) is 4.42 Å². The summed E-state index contributed by atoms with van der Waals surface area (Å²) in [6.45, 7) is 0. The Morgan fingerprint density at radius 3 is 2.65 bits per heavy atom. The molecular weight excluding hydrogens is 237 g/mol. The minimum atomic E-state index is -4.49. The minimum Gasteiger partial charge on any atom is -0.463 e. The van der Waals surface area contributed by atoms with Crippen molar-refractivity contribution < 1.29 is 27.1 Å². The Hall–Kier alpha value is -1.98. The molecule has 1 aromatic heterocycles. The molecule has 0 saturated carbocycles. The number of esters is 1. The second-order valence-electron chi connectivity index (χ2n) is 3.32. The van der Waals surface area contributed by atoms with Gasteiger partial charge in [0.15, 0.2) is 0 Å². The van der Waals surface area contributed by atoms with Gasteiger partial charge in [0.25, 0.3) is 0 Å². The van der Waals surface area contributed by atoms with Gasteiger partial charge in [-0.1, -0.05) is 6.07 Å². The van der Waals surface area contributed by atoms with Gasteiger partial charge in [0.1, 0.15) is 5.58 Å². The first kappa shape index (κ1) is 11.5. The third-order valence-electron chi connectivity index (χ3n) is 2.25. The van der Waals surface area contributed by atoms with E-state index in [0.29, 0.717) is 0 Å². The van der Waals surface area contributed by atoms with Crippen LogP contribution in [0.25, 0.3) is 11.0 Å². The minimum absolute atomic E-state index is 0.000208. The third kappa shape index (κ3) is 1.98. The Labute approximate surface area is 93.8 Å². The summed E-state index contributed by atoms with van der Waals surface area (Å²) in [5.74, 6) is -1.06. The second-order valence-corrected chi connectivity index (χ2v) is 3.32. The molecule has 0 aliphatic carbocycles. The summed E-state index contributed by atoms with van der Waals surface area (Å²) < 4.78 is 47.3. The Kier molecular flexibility index (Phi) is 2.57. The number of halogens is 3. The predicted octanol–water partition coefficient (Wildman–Crippen LogP) is 3.24. The van der Waals surface area contributed by atoms with E-state index in [0.717, 1.165) is 19.2 Å². The zero-order chi connectivity index (χ0) is 12.6. The fourth-order valence-corrected chi connectivity index (χ4v) is 1.51. The number of carbonyl (C=O) groups is 1. The van der Waals surface area contributed by atoms with Crippen molar-refractivity contribution in [2.24, 2.45) is 0 Å². The van der Waals surface area contributed by atoms with Gasteiger partial charge in [0, 0.05) is 5.39 Å². The molecule has 0 fully saturated rings. The maximum atomic E-state index is 12.7. The highest BCUT2D eigenvalue weighted by atomic mass is 19.4. The number of hydrogen-bond donors (Lipinski definition) is 0. The lowest BCUT2D eigenvalue weighted by Gasteiger charge is -2.06. The van der Waals surface area contributed by atoms with Crippen LogP contribution in [0.15, 0.2) is 28.7 Å². The quantitative estimate of drug-likeness (QED) is 0.723. The van der Waals surface area contributed by atoms with Crippen LogP contribution in [0.2, 0.25) is 0 Å². The Bertz CT molecular complexity index is 569. The van der Waals surface area contributed by atoms with E-state index in [2.05, 4.69) is 4.74 Å². The lowest BCUT2D eigenvalue weighted by atomic mass is 10.1. The molecule has 0 spiro atoms. The van der Waals surface area contributed by atoms with Crippen LogP contribution in [0.3, 0.4) is 0 Å². The van der Waals surface area contributed by atoms with Crippen molar-refractivity contribution in [1.29, 1.82) is 0 Å².